The maximum absolute atomic E-state index is 14.0. The number of nitrogens with zero attached hydrogens (tertiary/aromatic N) is 2. The number of benzene rings is 2. The van der Waals surface area contributed by atoms with Crippen LogP contribution in [0.15, 0.2) is 60.8 Å². The second-order valence-electron chi connectivity index (χ2n) is 6.12. The molecule has 0 atom stereocenters. The zero-order valence-corrected chi connectivity index (χ0v) is 14.8. The molecule has 0 spiro atoms. The molecule has 2 heterocycles. The van der Waals surface area contributed by atoms with Crippen LogP contribution in [0.3, 0.4) is 0 Å². The topological polar surface area (TPSA) is 37.5 Å². The van der Waals surface area contributed by atoms with Gasteiger partial charge in [0.25, 0.3) is 0 Å². The highest BCUT2D eigenvalue weighted by atomic mass is 35.5. The SMILES string of the molecule is Cc1c(-c2ccc(Cl)cc2)nc2ccc(-c3cccc(F)c3CO)cn12. The fourth-order valence-electron chi connectivity index (χ4n) is 3.19. The van der Waals surface area contributed by atoms with Crippen LogP contribution in [-0.4, -0.2) is 14.5 Å². The number of aromatic nitrogens is 2. The lowest BCUT2D eigenvalue weighted by molar-refractivity contribution is 0.276. The highest BCUT2D eigenvalue weighted by molar-refractivity contribution is 6.30. The Morgan fingerprint density at radius 2 is 1.77 bits per heavy atom. The molecule has 0 aliphatic heterocycles. The van der Waals surface area contributed by atoms with E-state index in [-0.39, 0.29) is 6.61 Å². The van der Waals surface area contributed by atoms with Gasteiger partial charge in [-0.25, -0.2) is 9.37 Å². The molecular formula is C21H16ClFN2O. The van der Waals surface area contributed by atoms with E-state index in [1.54, 1.807) is 6.07 Å². The molecule has 0 unspecified atom stereocenters. The van der Waals surface area contributed by atoms with Crippen molar-refractivity contribution in [2.45, 2.75) is 13.5 Å². The molecule has 3 nitrogen and oxygen atoms in total. The molecule has 4 aromatic rings. The smallest absolute Gasteiger partial charge is 0.137 e. The van der Waals surface area contributed by atoms with Crippen molar-refractivity contribution in [3.05, 3.63) is 82.9 Å². The molecule has 0 saturated carbocycles. The number of pyridine rings is 1. The van der Waals surface area contributed by atoms with E-state index in [0.29, 0.717) is 16.1 Å². The quantitative estimate of drug-likeness (QED) is 0.537. The third kappa shape index (κ3) is 2.77. The summed E-state index contributed by atoms with van der Waals surface area (Å²) >= 11 is 5.97. The average molecular weight is 367 g/mol. The van der Waals surface area contributed by atoms with Crippen molar-refractivity contribution in [2.24, 2.45) is 0 Å². The first-order chi connectivity index (χ1) is 12.6. The molecule has 0 bridgehead atoms. The van der Waals surface area contributed by atoms with Gasteiger partial charge in [0, 0.05) is 28.0 Å². The van der Waals surface area contributed by atoms with Crippen LogP contribution in [0.2, 0.25) is 5.02 Å². The third-order valence-corrected chi connectivity index (χ3v) is 4.81. The molecule has 1 N–H and O–H groups in total. The molecule has 0 fully saturated rings. The Morgan fingerprint density at radius 3 is 2.50 bits per heavy atom. The summed E-state index contributed by atoms with van der Waals surface area (Å²) < 4.78 is 16.0. The van der Waals surface area contributed by atoms with Gasteiger partial charge in [0.1, 0.15) is 11.5 Å². The maximum atomic E-state index is 14.0. The molecule has 4 rings (SSSR count). The van der Waals surface area contributed by atoms with Gasteiger partial charge >= 0.3 is 0 Å². The Balaban J connectivity index is 1.87. The van der Waals surface area contributed by atoms with E-state index < -0.39 is 5.82 Å². The standard InChI is InChI=1S/C21H16ClFN2O/c1-13-21(14-5-8-16(22)9-6-14)24-20-10-7-15(11-25(13)20)17-3-2-4-19(23)18(17)12-26/h2-11,26H,12H2,1H3. The van der Waals surface area contributed by atoms with Gasteiger partial charge in [-0.2, -0.15) is 0 Å². The molecule has 0 saturated heterocycles. The van der Waals surface area contributed by atoms with Crippen LogP contribution in [0.25, 0.3) is 28.0 Å². The summed E-state index contributed by atoms with van der Waals surface area (Å²) in [6, 6.07) is 16.2. The number of rotatable bonds is 3. The molecule has 0 radical (unpaired) electrons. The lowest BCUT2D eigenvalue weighted by atomic mass is 10.0. The summed E-state index contributed by atoms with van der Waals surface area (Å²) in [5, 5.41) is 10.2. The normalized spacial score (nSPS) is 11.2. The number of hydrogen-bond donors (Lipinski definition) is 1. The van der Waals surface area contributed by atoms with Crippen molar-refractivity contribution < 1.29 is 9.50 Å². The number of hydrogen-bond acceptors (Lipinski definition) is 2. The first-order valence-corrected chi connectivity index (χ1v) is 8.59. The zero-order valence-electron chi connectivity index (χ0n) is 14.1. The van der Waals surface area contributed by atoms with Crippen molar-refractivity contribution in [3.8, 4) is 22.4 Å². The summed E-state index contributed by atoms with van der Waals surface area (Å²) in [6.45, 7) is 1.64. The van der Waals surface area contributed by atoms with Crippen molar-refractivity contribution in [3.63, 3.8) is 0 Å². The predicted molar refractivity (Wildman–Crippen MR) is 102 cm³/mol. The molecule has 130 valence electrons. The van der Waals surface area contributed by atoms with Crippen LogP contribution >= 0.6 is 11.6 Å². The summed E-state index contributed by atoms with van der Waals surface area (Å²) in [7, 11) is 0. The van der Waals surface area contributed by atoms with Gasteiger partial charge in [-0.3, -0.25) is 0 Å². The number of fused-ring (bicyclic) bond motifs is 1. The van der Waals surface area contributed by atoms with E-state index in [1.807, 2.05) is 60.0 Å². The first kappa shape index (κ1) is 16.8. The minimum atomic E-state index is -0.408. The van der Waals surface area contributed by atoms with Gasteiger partial charge < -0.3 is 9.51 Å². The van der Waals surface area contributed by atoms with E-state index >= 15 is 0 Å². The van der Waals surface area contributed by atoms with Crippen molar-refractivity contribution in [2.75, 3.05) is 0 Å². The van der Waals surface area contributed by atoms with Gasteiger partial charge in [-0.05, 0) is 48.4 Å². The zero-order chi connectivity index (χ0) is 18.3. The van der Waals surface area contributed by atoms with Crippen LogP contribution in [0.5, 0.6) is 0 Å². The second-order valence-corrected chi connectivity index (χ2v) is 6.56. The van der Waals surface area contributed by atoms with Crippen molar-refractivity contribution in [1.82, 2.24) is 9.38 Å². The monoisotopic (exact) mass is 366 g/mol. The number of aliphatic hydroxyl groups excluding tert-OH is 1. The lowest BCUT2D eigenvalue weighted by Crippen LogP contribution is -1.96. The average Bonchev–Trinajstić information content (AvgIpc) is 2.98. The van der Waals surface area contributed by atoms with Gasteiger partial charge in [0.05, 0.1) is 12.3 Å². The van der Waals surface area contributed by atoms with Gasteiger partial charge in [0.2, 0.25) is 0 Å². The largest absolute Gasteiger partial charge is 0.392 e. The second kappa shape index (κ2) is 6.56. The highest BCUT2D eigenvalue weighted by Crippen LogP contribution is 2.29. The van der Waals surface area contributed by atoms with E-state index in [9.17, 15) is 9.50 Å². The molecule has 5 heteroatoms. The van der Waals surface area contributed by atoms with E-state index in [0.717, 1.165) is 28.2 Å². The molecule has 26 heavy (non-hydrogen) atoms. The number of imidazole rings is 1. The van der Waals surface area contributed by atoms with Gasteiger partial charge in [-0.15, -0.1) is 0 Å². The summed E-state index contributed by atoms with van der Waals surface area (Å²) in [4.78, 5) is 4.70. The Morgan fingerprint density at radius 1 is 1.04 bits per heavy atom. The fourth-order valence-corrected chi connectivity index (χ4v) is 3.32. The third-order valence-electron chi connectivity index (χ3n) is 4.56. The van der Waals surface area contributed by atoms with Crippen LogP contribution in [-0.2, 0) is 6.61 Å². The molecule has 2 aromatic carbocycles. The summed E-state index contributed by atoms with van der Waals surface area (Å²) in [5.41, 5.74) is 5.44. The first-order valence-electron chi connectivity index (χ1n) is 8.22. The summed E-state index contributed by atoms with van der Waals surface area (Å²) in [6.07, 6.45) is 1.92. The van der Waals surface area contributed by atoms with Crippen LogP contribution in [0.4, 0.5) is 4.39 Å². The van der Waals surface area contributed by atoms with Gasteiger partial charge in [0.15, 0.2) is 0 Å². The van der Waals surface area contributed by atoms with Crippen molar-refractivity contribution >= 4 is 17.2 Å². The van der Waals surface area contributed by atoms with Crippen LogP contribution < -0.4 is 0 Å². The Kier molecular flexibility index (Phi) is 4.23. The molecule has 0 amide bonds. The van der Waals surface area contributed by atoms with E-state index in [1.165, 1.54) is 6.07 Å². The fraction of sp³-hybridized carbons (Fsp3) is 0.0952. The van der Waals surface area contributed by atoms with E-state index in [4.69, 9.17) is 16.6 Å². The minimum Gasteiger partial charge on any atom is -0.392 e. The lowest BCUT2D eigenvalue weighted by Gasteiger charge is -2.09. The molecule has 2 aromatic heterocycles. The van der Waals surface area contributed by atoms with Crippen LogP contribution in [0, 0.1) is 12.7 Å². The maximum Gasteiger partial charge on any atom is 0.137 e. The van der Waals surface area contributed by atoms with E-state index in [2.05, 4.69) is 0 Å². The molecular weight excluding hydrogens is 351 g/mol. The van der Waals surface area contributed by atoms with Crippen LogP contribution in [0.1, 0.15) is 11.3 Å². The Bertz CT molecular complexity index is 1100. The minimum absolute atomic E-state index is 0.294. The number of aryl methyl sites for hydroxylation is 1. The predicted octanol–water partition coefficient (Wildman–Crippen LogP) is 5.26. The van der Waals surface area contributed by atoms with Gasteiger partial charge in [-0.1, -0.05) is 35.9 Å². The van der Waals surface area contributed by atoms with Crippen molar-refractivity contribution in [1.29, 1.82) is 0 Å². The Labute approximate surface area is 155 Å². The molecule has 0 aliphatic carbocycles. The highest BCUT2D eigenvalue weighted by Gasteiger charge is 2.14. The number of halogens is 2. The molecule has 0 aliphatic rings. The number of aliphatic hydroxyl groups is 1. The Hall–Kier alpha value is -2.69. The summed E-state index contributed by atoms with van der Waals surface area (Å²) in [5.74, 6) is -0.408.